The van der Waals surface area contributed by atoms with E-state index in [1.165, 1.54) is 0 Å². The Kier molecular flexibility index (Phi) is 4.03. The number of hydrogen-bond acceptors (Lipinski definition) is 4. The summed E-state index contributed by atoms with van der Waals surface area (Å²) in [5, 5.41) is 15.4. The number of para-hydroxylation sites is 1. The average molecular weight is 380 g/mol. The highest BCUT2D eigenvalue weighted by Crippen LogP contribution is 2.43. The van der Waals surface area contributed by atoms with Gasteiger partial charge in [0.05, 0.1) is 22.5 Å². The predicted octanol–water partition coefficient (Wildman–Crippen LogP) is 3.93. The Morgan fingerprint density at radius 3 is 2.57 bits per heavy atom. The summed E-state index contributed by atoms with van der Waals surface area (Å²) in [5.74, 6) is -0.752. The fraction of sp³-hybridized carbons (Fsp3) is 0.381. The van der Waals surface area contributed by atoms with E-state index in [2.05, 4.69) is 4.98 Å². The van der Waals surface area contributed by atoms with Crippen LogP contribution in [-0.4, -0.2) is 45.1 Å². The van der Waals surface area contributed by atoms with Gasteiger partial charge >= 0.3 is 5.97 Å². The first-order valence-electron chi connectivity index (χ1n) is 9.73. The fourth-order valence-corrected chi connectivity index (χ4v) is 4.13. The van der Waals surface area contributed by atoms with Crippen LogP contribution in [0.15, 0.2) is 36.4 Å². The van der Waals surface area contributed by atoms with Gasteiger partial charge in [0.2, 0.25) is 0 Å². The highest BCUT2D eigenvalue weighted by Gasteiger charge is 2.32. The van der Waals surface area contributed by atoms with Gasteiger partial charge in [-0.3, -0.25) is 0 Å². The van der Waals surface area contributed by atoms with E-state index in [0.717, 1.165) is 41.7 Å². The van der Waals surface area contributed by atoms with Crippen molar-refractivity contribution < 1.29 is 14.3 Å². The number of pyridine rings is 1. The molecule has 6 nitrogen and oxygen atoms in total. The number of halogens is 1. The number of carboxylic acids is 1. The Morgan fingerprint density at radius 1 is 1.18 bits per heavy atom. The van der Waals surface area contributed by atoms with E-state index >= 15 is 0 Å². The van der Waals surface area contributed by atoms with Crippen molar-refractivity contribution in [1.82, 2.24) is 14.8 Å². The molecule has 0 bridgehead atoms. The molecule has 28 heavy (non-hydrogen) atoms. The molecule has 1 N–H and O–H groups in total. The van der Waals surface area contributed by atoms with Crippen molar-refractivity contribution in [3.05, 3.63) is 47.8 Å². The third-order valence-electron chi connectivity index (χ3n) is 5.83. The first kappa shape index (κ1) is 17.2. The molecule has 2 aromatic heterocycles. The van der Waals surface area contributed by atoms with Crippen molar-refractivity contribution >= 4 is 22.7 Å². The summed E-state index contributed by atoms with van der Waals surface area (Å²) in [4.78, 5) is 18.1. The Labute approximate surface area is 161 Å². The quantitative estimate of drug-likeness (QED) is 0.742. The standard InChI is InChI=1S/C21H21FN4O2/c22-14-9-10-25(12-14)17-11-16(21(27)28)23-20-18(17)19(13-5-4-6-13)24-26(20)15-7-2-1-3-8-15/h1-3,7-8,11,13-14H,4-6,9-10,12H2,(H,27,28)/t14-/m1/s1. The van der Waals surface area contributed by atoms with Gasteiger partial charge < -0.3 is 10.0 Å². The zero-order chi connectivity index (χ0) is 19.3. The number of fused-ring (bicyclic) bond motifs is 1. The van der Waals surface area contributed by atoms with E-state index in [4.69, 9.17) is 5.10 Å². The minimum Gasteiger partial charge on any atom is -0.477 e. The van der Waals surface area contributed by atoms with Crippen LogP contribution >= 0.6 is 0 Å². The molecule has 1 aromatic carbocycles. The summed E-state index contributed by atoms with van der Waals surface area (Å²) < 4.78 is 15.7. The molecule has 1 atom stereocenters. The summed E-state index contributed by atoms with van der Waals surface area (Å²) >= 11 is 0. The summed E-state index contributed by atoms with van der Waals surface area (Å²) in [6, 6.07) is 11.2. The second-order valence-electron chi connectivity index (χ2n) is 7.62. The number of aromatic nitrogens is 3. The first-order valence-corrected chi connectivity index (χ1v) is 9.73. The van der Waals surface area contributed by atoms with Gasteiger partial charge in [0.1, 0.15) is 6.17 Å². The normalized spacial score (nSPS) is 19.9. The Hall–Kier alpha value is -2.96. The highest BCUT2D eigenvalue weighted by molar-refractivity contribution is 5.98. The maximum absolute atomic E-state index is 13.9. The molecule has 1 aliphatic heterocycles. The average Bonchev–Trinajstić information content (AvgIpc) is 3.25. The molecule has 0 radical (unpaired) electrons. The molecule has 5 rings (SSSR count). The Balaban J connectivity index is 1.79. The van der Waals surface area contributed by atoms with Crippen LogP contribution in [0.1, 0.15) is 47.8 Å². The van der Waals surface area contributed by atoms with E-state index in [9.17, 15) is 14.3 Å². The molecule has 1 saturated heterocycles. The number of anilines is 1. The molecule has 144 valence electrons. The summed E-state index contributed by atoms with van der Waals surface area (Å²) in [6.07, 6.45) is 2.85. The molecule has 3 heterocycles. The molecular formula is C21H21FN4O2. The number of rotatable bonds is 4. The zero-order valence-corrected chi connectivity index (χ0v) is 15.4. The van der Waals surface area contributed by atoms with Crippen molar-refractivity contribution in [2.24, 2.45) is 0 Å². The largest absolute Gasteiger partial charge is 0.477 e. The van der Waals surface area contributed by atoms with Gasteiger partial charge in [-0.05, 0) is 37.5 Å². The molecule has 1 aliphatic carbocycles. The molecule has 2 fully saturated rings. The number of hydrogen-bond donors (Lipinski definition) is 1. The molecular weight excluding hydrogens is 359 g/mol. The van der Waals surface area contributed by atoms with E-state index in [1.54, 1.807) is 10.7 Å². The summed E-state index contributed by atoms with van der Waals surface area (Å²) in [6.45, 7) is 0.846. The van der Waals surface area contributed by atoms with Crippen LogP contribution in [0.5, 0.6) is 0 Å². The fourth-order valence-electron chi connectivity index (χ4n) is 4.13. The van der Waals surface area contributed by atoms with Crippen LogP contribution in [0, 0.1) is 0 Å². The van der Waals surface area contributed by atoms with Gasteiger partial charge in [0.15, 0.2) is 11.3 Å². The zero-order valence-electron chi connectivity index (χ0n) is 15.4. The van der Waals surface area contributed by atoms with Gasteiger partial charge in [-0.1, -0.05) is 24.6 Å². The smallest absolute Gasteiger partial charge is 0.354 e. The third kappa shape index (κ3) is 2.73. The lowest BCUT2D eigenvalue weighted by Gasteiger charge is -2.25. The lowest BCUT2D eigenvalue weighted by atomic mass is 9.82. The summed E-state index contributed by atoms with van der Waals surface area (Å²) in [5.41, 5.74) is 3.02. The molecule has 2 aliphatic rings. The highest BCUT2D eigenvalue weighted by atomic mass is 19.1. The summed E-state index contributed by atoms with van der Waals surface area (Å²) in [7, 11) is 0. The second-order valence-corrected chi connectivity index (χ2v) is 7.62. The van der Waals surface area contributed by atoms with Gasteiger partial charge in [0.25, 0.3) is 0 Å². The van der Waals surface area contributed by atoms with Crippen molar-refractivity contribution in [2.75, 3.05) is 18.0 Å². The molecule has 7 heteroatoms. The van der Waals surface area contributed by atoms with Crippen molar-refractivity contribution in [3.63, 3.8) is 0 Å². The van der Waals surface area contributed by atoms with Gasteiger partial charge in [0, 0.05) is 19.0 Å². The number of benzene rings is 1. The van der Waals surface area contributed by atoms with Crippen LogP contribution < -0.4 is 4.90 Å². The molecule has 0 spiro atoms. The predicted molar refractivity (Wildman–Crippen MR) is 104 cm³/mol. The SMILES string of the molecule is O=C(O)c1cc(N2CC[C@@H](F)C2)c2c(C3CCC3)nn(-c3ccccc3)c2n1. The minimum absolute atomic E-state index is 0.0398. The maximum atomic E-state index is 13.9. The number of carbonyl (C=O) groups is 1. The lowest BCUT2D eigenvalue weighted by Crippen LogP contribution is -2.21. The van der Waals surface area contributed by atoms with E-state index < -0.39 is 12.1 Å². The molecule has 0 unspecified atom stereocenters. The van der Waals surface area contributed by atoms with E-state index in [-0.39, 0.29) is 12.2 Å². The van der Waals surface area contributed by atoms with Crippen molar-refractivity contribution in [1.29, 1.82) is 0 Å². The topological polar surface area (TPSA) is 71.2 Å². The van der Waals surface area contributed by atoms with Gasteiger partial charge in [-0.2, -0.15) is 5.10 Å². The minimum atomic E-state index is -1.09. The maximum Gasteiger partial charge on any atom is 0.354 e. The van der Waals surface area contributed by atoms with Crippen LogP contribution in [0.4, 0.5) is 10.1 Å². The monoisotopic (exact) mass is 380 g/mol. The number of carboxylic acid groups (broad SMARTS) is 1. The van der Waals surface area contributed by atoms with E-state index in [0.29, 0.717) is 24.5 Å². The molecule has 1 saturated carbocycles. The van der Waals surface area contributed by atoms with Crippen LogP contribution in [0.3, 0.4) is 0 Å². The van der Waals surface area contributed by atoms with Crippen LogP contribution in [-0.2, 0) is 0 Å². The number of alkyl halides is 1. The lowest BCUT2D eigenvalue weighted by molar-refractivity contribution is 0.0691. The van der Waals surface area contributed by atoms with Crippen molar-refractivity contribution in [2.45, 2.75) is 37.8 Å². The third-order valence-corrected chi connectivity index (χ3v) is 5.83. The van der Waals surface area contributed by atoms with E-state index in [1.807, 2.05) is 35.2 Å². The Bertz CT molecular complexity index is 1050. The first-order chi connectivity index (χ1) is 13.6. The van der Waals surface area contributed by atoms with Crippen LogP contribution in [0.2, 0.25) is 0 Å². The van der Waals surface area contributed by atoms with Gasteiger partial charge in [-0.25, -0.2) is 18.9 Å². The van der Waals surface area contributed by atoms with Gasteiger partial charge in [-0.15, -0.1) is 0 Å². The molecule has 3 aromatic rings. The Morgan fingerprint density at radius 2 is 1.96 bits per heavy atom. The van der Waals surface area contributed by atoms with Crippen LogP contribution in [0.25, 0.3) is 16.7 Å². The number of aromatic carboxylic acids is 1. The van der Waals surface area contributed by atoms with Crippen molar-refractivity contribution in [3.8, 4) is 5.69 Å². The number of nitrogens with zero attached hydrogens (tertiary/aromatic N) is 4. The molecule has 0 amide bonds. The second kappa shape index (κ2) is 6.58.